The van der Waals surface area contributed by atoms with Crippen LogP contribution in [0, 0.1) is 10.1 Å². The third-order valence-corrected chi connectivity index (χ3v) is 6.51. The second-order valence-corrected chi connectivity index (χ2v) is 8.61. The van der Waals surface area contributed by atoms with Crippen LogP contribution in [-0.4, -0.2) is 53.7 Å². The molecular formula is C18H20N4O7S. The molecule has 0 aliphatic carbocycles. The largest absolute Gasteiger partial charge is 0.477 e. The maximum atomic E-state index is 12.6. The summed E-state index contributed by atoms with van der Waals surface area (Å²) in [5.74, 6) is -1.72. The van der Waals surface area contributed by atoms with Crippen LogP contribution in [-0.2, 0) is 21.9 Å². The molecule has 0 unspecified atom stereocenters. The third-order valence-electron chi connectivity index (χ3n) is 4.62. The van der Waals surface area contributed by atoms with Gasteiger partial charge in [-0.3, -0.25) is 25.0 Å². The van der Waals surface area contributed by atoms with Gasteiger partial charge in [-0.15, -0.1) is 0 Å². The summed E-state index contributed by atoms with van der Waals surface area (Å²) in [5.41, 5.74) is -0.331. The molecule has 1 aromatic carbocycles. The molecule has 1 aliphatic heterocycles. The van der Waals surface area contributed by atoms with E-state index in [0.29, 0.717) is 13.1 Å². The highest BCUT2D eigenvalue weighted by molar-refractivity contribution is 7.89. The zero-order valence-corrected chi connectivity index (χ0v) is 16.9. The lowest BCUT2D eigenvalue weighted by Gasteiger charge is -2.15. The van der Waals surface area contributed by atoms with Gasteiger partial charge in [0.25, 0.3) is 11.8 Å². The number of nitrogens with zero attached hydrogens (tertiary/aromatic N) is 3. The molecule has 160 valence electrons. The van der Waals surface area contributed by atoms with Gasteiger partial charge in [-0.1, -0.05) is 0 Å². The Morgan fingerprint density at radius 2 is 1.93 bits per heavy atom. The van der Waals surface area contributed by atoms with Gasteiger partial charge in [0, 0.05) is 32.4 Å². The first-order valence-electron chi connectivity index (χ1n) is 9.07. The number of benzene rings is 1. The molecule has 30 heavy (non-hydrogen) atoms. The minimum atomic E-state index is -3.84. The summed E-state index contributed by atoms with van der Waals surface area (Å²) in [6, 6.07) is 6.40. The molecule has 11 nitrogen and oxygen atoms in total. The number of amides is 2. The third kappa shape index (κ3) is 4.49. The van der Waals surface area contributed by atoms with Crippen LogP contribution in [0.1, 0.15) is 23.3 Å². The lowest BCUT2D eigenvalue weighted by atomic mass is 10.3. The fourth-order valence-electron chi connectivity index (χ4n) is 3.07. The number of carbonyl (C=O) groups excluding carboxylic acids is 2. The number of aryl methyl sites for hydroxylation is 1. The number of sulfonamides is 1. The monoisotopic (exact) mass is 436 g/mol. The van der Waals surface area contributed by atoms with Crippen molar-refractivity contribution in [2.45, 2.75) is 17.7 Å². The Labute approximate surface area is 172 Å². The second-order valence-electron chi connectivity index (χ2n) is 6.67. The van der Waals surface area contributed by atoms with Gasteiger partial charge in [-0.05, 0) is 37.1 Å². The smallest absolute Gasteiger partial charge is 0.312 e. The van der Waals surface area contributed by atoms with Crippen molar-refractivity contribution in [3.63, 3.8) is 0 Å². The molecular weight excluding hydrogens is 416 g/mol. The van der Waals surface area contributed by atoms with Gasteiger partial charge in [0.05, 0.1) is 9.82 Å². The number of carbonyl (C=O) groups is 2. The SMILES string of the molecule is Cn1cccc1C(=O)NC(=O)COc1ccc(S(=O)(=O)N2CCCC2)cc1[N+](=O)[O-]. The Balaban J connectivity index is 1.71. The van der Waals surface area contributed by atoms with E-state index >= 15 is 0 Å². The van der Waals surface area contributed by atoms with E-state index in [0.717, 1.165) is 25.0 Å². The summed E-state index contributed by atoms with van der Waals surface area (Å²) >= 11 is 0. The molecule has 0 bridgehead atoms. The van der Waals surface area contributed by atoms with E-state index in [1.165, 1.54) is 21.0 Å². The summed E-state index contributed by atoms with van der Waals surface area (Å²) in [5, 5.41) is 13.5. The molecule has 0 atom stereocenters. The van der Waals surface area contributed by atoms with Crippen LogP contribution in [0.4, 0.5) is 5.69 Å². The normalized spacial score (nSPS) is 14.4. The van der Waals surface area contributed by atoms with E-state index in [2.05, 4.69) is 5.32 Å². The average Bonchev–Trinajstić information content (AvgIpc) is 3.38. The predicted molar refractivity (Wildman–Crippen MR) is 104 cm³/mol. The number of hydrogen-bond acceptors (Lipinski definition) is 7. The maximum Gasteiger partial charge on any atom is 0.312 e. The van der Waals surface area contributed by atoms with Crippen LogP contribution in [0.25, 0.3) is 0 Å². The molecule has 1 saturated heterocycles. The van der Waals surface area contributed by atoms with E-state index < -0.39 is 39.1 Å². The Morgan fingerprint density at radius 3 is 2.53 bits per heavy atom. The van der Waals surface area contributed by atoms with E-state index in [4.69, 9.17) is 4.74 Å². The number of nitrogens with one attached hydrogen (secondary N) is 1. The highest BCUT2D eigenvalue weighted by atomic mass is 32.2. The molecule has 0 spiro atoms. The summed E-state index contributed by atoms with van der Waals surface area (Å²) in [7, 11) is -2.20. The van der Waals surface area contributed by atoms with Crippen molar-refractivity contribution in [3.05, 3.63) is 52.3 Å². The molecule has 2 heterocycles. The van der Waals surface area contributed by atoms with Gasteiger partial charge in [-0.25, -0.2) is 8.42 Å². The highest BCUT2D eigenvalue weighted by Crippen LogP contribution is 2.31. The van der Waals surface area contributed by atoms with Crippen molar-refractivity contribution in [1.29, 1.82) is 0 Å². The van der Waals surface area contributed by atoms with Crippen LogP contribution >= 0.6 is 0 Å². The van der Waals surface area contributed by atoms with Crippen molar-refractivity contribution >= 4 is 27.5 Å². The van der Waals surface area contributed by atoms with Gasteiger partial charge < -0.3 is 9.30 Å². The summed E-state index contributed by atoms with van der Waals surface area (Å²) in [6.45, 7) is 0.0721. The molecule has 1 aliphatic rings. The fraction of sp³-hybridized carbons (Fsp3) is 0.333. The fourth-order valence-corrected chi connectivity index (χ4v) is 4.60. The first kappa shape index (κ1) is 21.5. The second kappa shape index (κ2) is 8.63. The minimum absolute atomic E-state index is 0.216. The lowest BCUT2D eigenvalue weighted by Crippen LogP contribution is -2.35. The number of nitro groups is 1. The van der Waals surface area contributed by atoms with Gasteiger partial charge >= 0.3 is 5.69 Å². The lowest BCUT2D eigenvalue weighted by molar-refractivity contribution is -0.386. The van der Waals surface area contributed by atoms with Crippen molar-refractivity contribution in [1.82, 2.24) is 14.2 Å². The van der Waals surface area contributed by atoms with Gasteiger partial charge in [0.15, 0.2) is 12.4 Å². The van der Waals surface area contributed by atoms with Crippen LogP contribution in [0.5, 0.6) is 5.75 Å². The van der Waals surface area contributed by atoms with Crippen LogP contribution in [0.3, 0.4) is 0 Å². The molecule has 12 heteroatoms. The molecule has 1 N–H and O–H groups in total. The number of aromatic nitrogens is 1. The number of rotatable bonds is 7. The Morgan fingerprint density at radius 1 is 1.23 bits per heavy atom. The predicted octanol–water partition coefficient (Wildman–Crippen LogP) is 1.05. The minimum Gasteiger partial charge on any atom is -0.477 e. The van der Waals surface area contributed by atoms with Crippen LogP contribution in [0.15, 0.2) is 41.4 Å². The van der Waals surface area contributed by atoms with Crippen LogP contribution < -0.4 is 10.1 Å². The zero-order valence-electron chi connectivity index (χ0n) is 16.1. The number of ether oxygens (including phenoxy) is 1. The van der Waals surface area contributed by atoms with Gasteiger partial charge in [0.1, 0.15) is 5.69 Å². The van der Waals surface area contributed by atoms with Crippen molar-refractivity contribution in [3.8, 4) is 5.75 Å². The molecule has 0 radical (unpaired) electrons. The highest BCUT2D eigenvalue weighted by Gasteiger charge is 2.30. The molecule has 2 amide bonds. The first-order chi connectivity index (χ1) is 14.2. The molecule has 3 rings (SSSR count). The Kier molecular flexibility index (Phi) is 6.17. The maximum absolute atomic E-state index is 12.6. The molecule has 1 aromatic heterocycles. The van der Waals surface area contributed by atoms with Crippen molar-refractivity contribution in [2.24, 2.45) is 7.05 Å². The van der Waals surface area contributed by atoms with Crippen molar-refractivity contribution < 1.29 is 27.7 Å². The van der Waals surface area contributed by atoms with E-state index in [-0.39, 0.29) is 16.3 Å². The van der Waals surface area contributed by atoms with Crippen molar-refractivity contribution in [2.75, 3.05) is 19.7 Å². The standard InChI is InChI=1S/C18H20N4O7S/c1-20-8-4-5-14(20)18(24)19-17(23)12-29-16-7-6-13(11-15(16)22(25)26)30(27,28)21-9-2-3-10-21/h4-8,11H,2-3,9-10,12H2,1H3,(H,19,23,24). The Bertz CT molecular complexity index is 1090. The number of hydrogen-bond donors (Lipinski definition) is 1. The Hall–Kier alpha value is -3.25. The van der Waals surface area contributed by atoms with E-state index in [1.807, 2.05) is 0 Å². The topological polar surface area (TPSA) is 141 Å². The summed E-state index contributed by atoms with van der Waals surface area (Å²) in [4.78, 5) is 34.4. The average molecular weight is 436 g/mol. The molecule has 2 aromatic rings. The van der Waals surface area contributed by atoms with Gasteiger partial charge in [-0.2, -0.15) is 4.31 Å². The number of imide groups is 1. The zero-order chi connectivity index (χ0) is 21.9. The van der Waals surface area contributed by atoms with Crippen LogP contribution in [0.2, 0.25) is 0 Å². The number of nitro benzene ring substituents is 1. The van der Waals surface area contributed by atoms with Gasteiger partial charge in [0.2, 0.25) is 10.0 Å². The first-order valence-corrected chi connectivity index (χ1v) is 10.5. The van der Waals surface area contributed by atoms with E-state index in [9.17, 15) is 28.1 Å². The molecule has 1 fully saturated rings. The summed E-state index contributed by atoms with van der Waals surface area (Å²) in [6.07, 6.45) is 3.11. The van der Waals surface area contributed by atoms with E-state index in [1.54, 1.807) is 19.3 Å². The quantitative estimate of drug-likeness (QED) is 0.505. The summed E-state index contributed by atoms with van der Waals surface area (Å²) < 4.78 is 33.2. The molecule has 0 saturated carbocycles.